The molecule has 27 heavy (non-hydrogen) atoms. The maximum Gasteiger partial charge on any atom is 0.320 e. The minimum atomic E-state index is -1.22. The summed E-state index contributed by atoms with van der Waals surface area (Å²) in [5.41, 5.74) is -1.59. The van der Waals surface area contributed by atoms with Crippen molar-refractivity contribution in [1.29, 1.82) is 0 Å². The van der Waals surface area contributed by atoms with E-state index in [0.717, 1.165) is 12.8 Å². The van der Waals surface area contributed by atoms with Crippen molar-refractivity contribution in [2.75, 3.05) is 0 Å². The lowest BCUT2D eigenvalue weighted by Gasteiger charge is -2.55. The molecular weight excluding hydrogens is 348 g/mol. The smallest absolute Gasteiger partial charge is 0.320 e. The Bertz CT molecular complexity index is 633. The second-order valence-corrected chi connectivity index (χ2v) is 8.86. The van der Waals surface area contributed by atoms with Crippen molar-refractivity contribution >= 4 is 17.9 Å². The topological polar surface area (TPSA) is 89.9 Å². The van der Waals surface area contributed by atoms with Gasteiger partial charge >= 0.3 is 17.9 Å². The summed E-state index contributed by atoms with van der Waals surface area (Å²) in [5, 5.41) is 9.10. The first-order chi connectivity index (χ1) is 12.4. The lowest BCUT2D eigenvalue weighted by Crippen LogP contribution is -2.57. The minimum Gasteiger partial charge on any atom is -0.481 e. The number of allylic oxidation sites excluding steroid dienone is 2. The quantitative estimate of drug-likeness (QED) is 0.412. The van der Waals surface area contributed by atoms with E-state index in [-0.39, 0.29) is 29.6 Å². The summed E-state index contributed by atoms with van der Waals surface area (Å²) in [7, 11) is 0. The van der Waals surface area contributed by atoms with Crippen molar-refractivity contribution in [2.45, 2.75) is 72.0 Å². The van der Waals surface area contributed by atoms with E-state index in [1.807, 2.05) is 27.7 Å². The first-order valence-corrected chi connectivity index (χ1v) is 9.76. The molecular formula is C21H32O6. The molecule has 1 N–H and O–H groups in total. The van der Waals surface area contributed by atoms with Crippen LogP contribution in [0.1, 0.15) is 60.8 Å². The minimum absolute atomic E-state index is 0.0142. The Balaban J connectivity index is 2.33. The highest BCUT2D eigenvalue weighted by atomic mass is 16.6. The molecule has 0 amide bonds. The van der Waals surface area contributed by atoms with Crippen LogP contribution in [0.15, 0.2) is 12.2 Å². The number of ether oxygens (including phenoxy) is 2. The van der Waals surface area contributed by atoms with Gasteiger partial charge in [-0.05, 0) is 59.3 Å². The Morgan fingerprint density at radius 3 is 1.81 bits per heavy atom. The second kappa shape index (κ2) is 7.64. The zero-order valence-corrected chi connectivity index (χ0v) is 17.2. The maximum absolute atomic E-state index is 12.3. The van der Waals surface area contributed by atoms with Gasteiger partial charge in [0.05, 0.1) is 0 Å². The van der Waals surface area contributed by atoms with E-state index in [1.165, 1.54) is 6.92 Å². The van der Waals surface area contributed by atoms with Crippen LogP contribution in [0.2, 0.25) is 0 Å². The standard InChI is InChI=1S/C21H32O6/c1-7-15(22)26-20(3,4)16-13-8-10-14(11-9-13)17(16)21(5,6)27-19(25)12(2)18(23)24/h8,10,12-14,16-17H,7,9,11H2,1-6H3,(H,23,24). The predicted octanol–water partition coefficient (Wildman–Crippen LogP) is 3.59. The second-order valence-electron chi connectivity index (χ2n) is 8.86. The van der Waals surface area contributed by atoms with Crippen molar-refractivity contribution in [2.24, 2.45) is 29.6 Å². The van der Waals surface area contributed by atoms with E-state index in [2.05, 4.69) is 12.2 Å². The number of esters is 2. The number of rotatable bonds is 7. The molecule has 0 aromatic rings. The van der Waals surface area contributed by atoms with Gasteiger partial charge in [-0.1, -0.05) is 19.1 Å². The Morgan fingerprint density at radius 1 is 1.00 bits per heavy atom. The van der Waals surface area contributed by atoms with Crippen LogP contribution in [0.4, 0.5) is 0 Å². The van der Waals surface area contributed by atoms with E-state index >= 15 is 0 Å². The molecule has 6 heteroatoms. The molecule has 6 nitrogen and oxygen atoms in total. The summed E-state index contributed by atoms with van der Waals surface area (Å²) in [6.45, 7) is 10.6. The zero-order valence-electron chi connectivity index (χ0n) is 17.2. The molecule has 0 saturated heterocycles. The van der Waals surface area contributed by atoms with Gasteiger partial charge in [0.25, 0.3) is 0 Å². The van der Waals surface area contributed by atoms with Crippen molar-refractivity contribution in [3.05, 3.63) is 12.2 Å². The van der Waals surface area contributed by atoms with Crippen LogP contribution in [-0.2, 0) is 23.9 Å². The SMILES string of the molecule is CCC(=O)OC(C)(C)C1C2C=CC(CC2)C1C(C)(C)OC(=O)C(C)C(=O)O. The van der Waals surface area contributed by atoms with E-state index in [1.54, 1.807) is 6.92 Å². The Hall–Kier alpha value is -1.85. The lowest BCUT2D eigenvalue weighted by atomic mass is 9.54. The molecule has 0 aliphatic heterocycles. The van der Waals surface area contributed by atoms with Gasteiger partial charge in [-0.25, -0.2) is 0 Å². The van der Waals surface area contributed by atoms with Crippen LogP contribution in [0, 0.1) is 29.6 Å². The lowest BCUT2D eigenvalue weighted by molar-refractivity contribution is -0.196. The molecule has 0 aromatic heterocycles. The van der Waals surface area contributed by atoms with Crippen LogP contribution in [0.3, 0.4) is 0 Å². The van der Waals surface area contributed by atoms with Gasteiger partial charge in [-0.3, -0.25) is 14.4 Å². The van der Waals surface area contributed by atoms with Gasteiger partial charge in [-0.15, -0.1) is 0 Å². The van der Waals surface area contributed by atoms with Gasteiger partial charge in [0.1, 0.15) is 11.2 Å². The number of carbonyl (C=O) groups excluding carboxylic acids is 2. The Kier molecular flexibility index (Phi) is 6.07. The number of carboxylic acid groups (broad SMARTS) is 1. The van der Waals surface area contributed by atoms with Crippen molar-refractivity contribution in [1.82, 2.24) is 0 Å². The average molecular weight is 380 g/mol. The van der Waals surface area contributed by atoms with Gasteiger partial charge in [-0.2, -0.15) is 0 Å². The molecule has 0 radical (unpaired) electrons. The number of hydrogen-bond donors (Lipinski definition) is 1. The average Bonchev–Trinajstić information content (AvgIpc) is 2.60. The molecule has 0 aromatic carbocycles. The summed E-state index contributed by atoms with van der Waals surface area (Å²) >= 11 is 0. The molecule has 152 valence electrons. The van der Waals surface area contributed by atoms with Crippen LogP contribution < -0.4 is 0 Å². The van der Waals surface area contributed by atoms with Gasteiger partial charge in [0.15, 0.2) is 5.92 Å². The summed E-state index contributed by atoms with van der Waals surface area (Å²) in [4.78, 5) is 35.4. The molecule has 3 aliphatic rings. The Labute approximate surface area is 161 Å². The normalized spacial score (nSPS) is 28.5. The Morgan fingerprint density at radius 2 is 1.44 bits per heavy atom. The van der Waals surface area contributed by atoms with E-state index in [4.69, 9.17) is 14.6 Å². The van der Waals surface area contributed by atoms with E-state index in [0.29, 0.717) is 6.42 Å². The first-order valence-electron chi connectivity index (χ1n) is 9.76. The van der Waals surface area contributed by atoms with Crippen LogP contribution >= 0.6 is 0 Å². The maximum atomic E-state index is 12.3. The molecule has 3 rings (SSSR count). The van der Waals surface area contributed by atoms with Crippen molar-refractivity contribution < 1.29 is 29.0 Å². The fourth-order valence-electron chi connectivity index (χ4n) is 4.84. The third-order valence-electron chi connectivity index (χ3n) is 6.11. The van der Waals surface area contributed by atoms with Gasteiger partial charge < -0.3 is 14.6 Å². The summed E-state index contributed by atoms with van der Waals surface area (Å²) in [5.74, 6) is -3.05. The molecule has 5 unspecified atom stereocenters. The summed E-state index contributed by atoms with van der Waals surface area (Å²) in [6.07, 6.45) is 6.65. The number of aliphatic carboxylic acids is 1. The highest BCUT2D eigenvalue weighted by Gasteiger charge is 2.56. The number of hydrogen-bond acceptors (Lipinski definition) is 5. The highest BCUT2D eigenvalue weighted by Crippen LogP contribution is 2.54. The zero-order chi connectivity index (χ0) is 20.6. The summed E-state index contributed by atoms with van der Waals surface area (Å²) in [6, 6.07) is 0. The fraction of sp³-hybridized carbons (Fsp3) is 0.762. The third kappa shape index (κ3) is 4.36. The number of carbonyl (C=O) groups is 3. The largest absolute Gasteiger partial charge is 0.481 e. The molecule has 1 fully saturated rings. The molecule has 0 spiro atoms. The predicted molar refractivity (Wildman–Crippen MR) is 99.8 cm³/mol. The molecule has 5 atom stereocenters. The van der Waals surface area contributed by atoms with Crippen LogP contribution in [0.5, 0.6) is 0 Å². The monoisotopic (exact) mass is 380 g/mol. The van der Waals surface area contributed by atoms with E-state index < -0.39 is 29.1 Å². The van der Waals surface area contributed by atoms with E-state index in [9.17, 15) is 14.4 Å². The molecule has 0 heterocycles. The van der Waals surface area contributed by atoms with Gasteiger partial charge in [0, 0.05) is 18.3 Å². The fourth-order valence-corrected chi connectivity index (χ4v) is 4.84. The third-order valence-corrected chi connectivity index (χ3v) is 6.11. The van der Waals surface area contributed by atoms with Crippen LogP contribution in [0.25, 0.3) is 0 Å². The molecule has 3 aliphatic carbocycles. The van der Waals surface area contributed by atoms with Crippen molar-refractivity contribution in [3.8, 4) is 0 Å². The van der Waals surface area contributed by atoms with Gasteiger partial charge in [0.2, 0.25) is 0 Å². The summed E-state index contributed by atoms with van der Waals surface area (Å²) < 4.78 is 11.5. The van der Waals surface area contributed by atoms with Crippen LogP contribution in [-0.4, -0.2) is 34.2 Å². The first kappa shape index (κ1) is 21.5. The molecule has 1 saturated carbocycles. The highest BCUT2D eigenvalue weighted by molar-refractivity contribution is 5.93. The number of fused-ring (bicyclic) bond motifs is 2. The molecule has 2 bridgehead atoms. The van der Waals surface area contributed by atoms with Crippen molar-refractivity contribution in [3.63, 3.8) is 0 Å². The number of carboxylic acids is 1.